The molecule has 1 rings (SSSR count). The Morgan fingerprint density at radius 2 is 2.18 bits per heavy atom. The predicted octanol–water partition coefficient (Wildman–Crippen LogP) is 1.53. The molecular weight excluding hydrogens is 220 g/mol. The number of nitrogens with zero attached hydrogens (tertiary/aromatic N) is 3. The van der Waals surface area contributed by atoms with Crippen molar-refractivity contribution in [3.8, 4) is 5.88 Å². The molecule has 94 valence electrons. The Kier molecular flexibility index (Phi) is 5.77. The summed E-state index contributed by atoms with van der Waals surface area (Å²) in [6.07, 6.45) is 7.47. The van der Waals surface area contributed by atoms with E-state index in [1.165, 1.54) is 25.2 Å². The van der Waals surface area contributed by atoms with Gasteiger partial charge in [-0.1, -0.05) is 31.3 Å². The van der Waals surface area contributed by atoms with Gasteiger partial charge in [0.2, 0.25) is 5.88 Å². The molecule has 1 heterocycles. The summed E-state index contributed by atoms with van der Waals surface area (Å²) in [6.45, 7) is 2.80. The lowest BCUT2D eigenvalue weighted by atomic mass is 10.2. The third-order valence-electron chi connectivity index (χ3n) is 2.25. The number of hydrogen-bond donors (Lipinski definition) is 2. The summed E-state index contributed by atoms with van der Waals surface area (Å²) in [4.78, 5) is 7.97. The Labute approximate surface area is 101 Å². The number of ether oxygens (including phenoxy) is 1. The Morgan fingerprint density at radius 3 is 2.76 bits per heavy atom. The van der Waals surface area contributed by atoms with Gasteiger partial charge < -0.3 is 15.7 Å². The lowest BCUT2D eigenvalue weighted by Crippen LogP contribution is -2.15. The highest BCUT2D eigenvalue weighted by atomic mass is 16.5. The first kappa shape index (κ1) is 13.2. The van der Waals surface area contributed by atoms with Crippen LogP contribution in [0, 0.1) is 0 Å². The summed E-state index contributed by atoms with van der Waals surface area (Å²) in [5.41, 5.74) is 5.68. The minimum atomic E-state index is -0.0630. The summed E-state index contributed by atoms with van der Waals surface area (Å²) >= 11 is 0. The number of nitrogens with two attached hydrogens (primary N) is 1. The maximum atomic E-state index is 8.45. The summed E-state index contributed by atoms with van der Waals surface area (Å²) in [5, 5.41) is 11.3. The minimum absolute atomic E-state index is 0.0630. The molecule has 0 spiro atoms. The molecule has 1 aromatic heterocycles. The van der Waals surface area contributed by atoms with Gasteiger partial charge in [0.1, 0.15) is 5.69 Å². The molecule has 1 aromatic rings. The standard InChI is InChI=1S/C11H18N4O2/c1-2-3-4-5-6-17-10-8-13-9(7-14-10)11(12)15-16/h7-8,16H,2-6H2,1H3,(H2,12,15). The fraction of sp³-hybridized carbons (Fsp3) is 0.545. The SMILES string of the molecule is CCCCCCOc1cnc(C(N)=NO)cn1. The third kappa shape index (κ3) is 4.67. The second-order valence-corrected chi connectivity index (χ2v) is 3.63. The van der Waals surface area contributed by atoms with Crippen LogP contribution in [-0.4, -0.2) is 27.6 Å². The second kappa shape index (κ2) is 7.43. The Morgan fingerprint density at radius 1 is 1.35 bits per heavy atom. The summed E-state index contributed by atoms with van der Waals surface area (Å²) < 4.78 is 5.40. The maximum absolute atomic E-state index is 8.45. The van der Waals surface area contributed by atoms with E-state index in [-0.39, 0.29) is 5.84 Å². The first-order valence-electron chi connectivity index (χ1n) is 5.70. The minimum Gasteiger partial charge on any atom is -0.477 e. The van der Waals surface area contributed by atoms with Gasteiger partial charge in [-0.05, 0) is 6.42 Å². The van der Waals surface area contributed by atoms with E-state index < -0.39 is 0 Å². The molecule has 0 aliphatic carbocycles. The van der Waals surface area contributed by atoms with E-state index in [1.807, 2.05) is 0 Å². The Hall–Kier alpha value is -1.85. The summed E-state index contributed by atoms with van der Waals surface area (Å²) in [5.74, 6) is 0.392. The van der Waals surface area contributed by atoms with Gasteiger partial charge in [0.15, 0.2) is 5.84 Å². The van der Waals surface area contributed by atoms with Gasteiger partial charge in [-0.25, -0.2) is 9.97 Å². The van der Waals surface area contributed by atoms with Crippen LogP contribution in [0.1, 0.15) is 38.3 Å². The van der Waals surface area contributed by atoms with Gasteiger partial charge in [0, 0.05) is 0 Å². The van der Waals surface area contributed by atoms with Crippen molar-refractivity contribution >= 4 is 5.84 Å². The first-order chi connectivity index (χ1) is 8.27. The third-order valence-corrected chi connectivity index (χ3v) is 2.25. The number of aromatic nitrogens is 2. The highest BCUT2D eigenvalue weighted by Crippen LogP contribution is 2.06. The van der Waals surface area contributed by atoms with Crippen LogP contribution in [0.2, 0.25) is 0 Å². The Bertz CT molecular complexity index is 351. The molecule has 0 bridgehead atoms. The smallest absolute Gasteiger partial charge is 0.232 e. The van der Waals surface area contributed by atoms with Gasteiger partial charge in [0.05, 0.1) is 19.0 Å². The molecule has 6 nitrogen and oxygen atoms in total. The van der Waals surface area contributed by atoms with Crippen LogP contribution >= 0.6 is 0 Å². The monoisotopic (exact) mass is 238 g/mol. The molecular formula is C11H18N4O2. The van der Waals surface area contributed by atoms with Gasteiger partial charge in [-0.15, -0.1) is 0 Å². The normalized spacial score (nSPS) is 11.5. The molecule has 0 fully saturated rings. The molecule has 0 unspecified atom stereocenters. The molecule has 3 N–H and O–H groups in total. The lowest BCUT2D eigenvalue weighted by molar-refractivity contribution is 0.292. The van der Waals surface area contributed by atoms with Crippen molar-refractivity contribution in [1.82, 2.24) is 9.97 Å². The molecule has 6 heteroatoms. The van der Waals surface area contributed by atoms with Crippen molar-refractivity contribution in [3.63, 3.8) is 0 Å². The maximum Gasteiger partial charge on any atom is 0.232 e. The second-order valence-electron chi connectivity index (χ2n) is 3.63. The predicted molar refractivity (Wildman–Crippen MR) is 64.2 cm³/mol. The van der Waals surface area contributed by atoms with Gasteiger partial charge in [-0.2, -0.15) is 0 Å². The zero-order chi connectivity index (χ0) is 12.5. The molecule has 0 aromatic carbocycles. The van der Waals surface area contributed by atoms with Crippen molar-refractivity contribution in [3.05, 3.63) is 18.1 Å². The van der Waals surface area contributed by atoms with E-state index in [4.69, 9.17) is 15.7 Å². The van der Waals surface area contributed by atoms with E-state index in [0.717, 1.165) is 12.8 Å². The molecule has 17 heavy (non-hydrogen) atoms. The van der Waals surface area contributed by atoms with Gasteiger partial charge in [0.25, 0.3) is 0 Å². The Balaban J connectivity index is 2.35. The molecule has 0 amide bonds. The first-order valence-corrected chi connectivity index (χ1v) is 5.70. The fourth-order valence-electron chi connectivity index (χ4n) is 1.28. The number of rotatable bonds is 7. The van der Waals surface area contributed by atoms with Crippen LogP contribution in [0.4, 0.5) is 0 Å². The highest BCUT2D eigenvalue weighted by molar-refractivity contribution is 5.94. The molecule has 0 saturated carbocycles. The van der Waals surface area contributed by atoms with Crippen LogP contribution < -0.4 is 10.5 Å². The van der Waals surface area contributed by atoms with Crippen LogP contribution in [0.5, 0.6) is 5.88 Å². The van der Waals surface area contributed by atoms with Crippen molar-refractivity contribution in [2.45, 2.75) is 32.6 Å². The van der Waals surface area contributed by atoms with Crippen LogP contribution in [-0.2, 0) is 0 Å². The number of hydrogen-bond acceptors (Lipinski definition) is 5. The van der Waals surface area contributed by atoms with Crippen molar-refractivity contribution in [2.75, 3.05) is 6.61 Å². The molecule has 0 saturated heterocycles. The van der Waals surface area contributed by atoms with Crippen molar-refractivity contribution in [1.29, 1.82) is 0 Å². The molecule has 0 radical (unpaired) electrons. The summed E-state index contributed by atoms with van der Waals surface area (Å²) in [7, 11) is 0. The van der Waals surface area contributed by atoms with Gasteiger partial charge in [-0.3, -0.25) is 0 Å². The van der Waals surface area contributed by atoms with E-state index in [9.17, 15) is 0 Å². The molecule has 0 aliphatic rings. The largest absolute Gasteiger partial charge is 0.477 e. The van der Waals surface area contributed by atoms with Crippen LogP contribution in [0.25, 0.3) is 0 Å². The summed E-state index contributed by atoms with van der Waals surface area (Å²) in [6, 6.07) is 0. The average Bonchev–Trinajstić information content (AvgIpc) is 2.38. The molecule has 0 atom stereocenters. The van der Waals surface area contributed by atoms with E-state index >= 15 is 0 Å². The number of amidine groups is 1. The van der Waals surface area contributed by atoms with Crippen molar-refractivity contribution in [2.24, 2.45) is 10.9 Å². The fourth-order valence-corrected chi connectivity index (χ4v) is 1.28. The average molecular weight is 238 g/mol. The lowest BCUT2D eigenvalue weighted by Gasteiger charge is -2.04. The van der Waals surface area contributed by atoms with E-state index in [0.29, 0.717) is 18.2 Å². The van der Waals surface area contributed by atoms with Crippen LogP contribution in [0.15, 0.2) is 17.5 Å². The van der Waals surface area contributed by atoms with Gasteiger partial charge >= 0.3 is 0 Å². The topological polar surface area (TPSA) is 93.6 Å². The molecule has 0 aliphatic heterocycles. The number of unbranched alkanes of at least 4 members (excludes halogenated alkanes) is 3. The van der Waals surface area contributed by atoms with E-state index in [2.05, 4.69) is 22.0 Å². The van der Waals surface area contributed by atoms with E-state index in [1.54, 1.807) is 0 Å². The van der Waals surface area contributed by atoms with Crippen molar-refractivity contribution < 1.29 is 9.94 Å². The zero-order valence-corrected chi connectivity index (χ0v) is 9.96. The number of oxime groups is 1. The van der Waals surface area contributed by atoms with Crippen LogP contribution in [0.3, 0.4) is 0 Å². The highest BCUT2D eigenvalue weighted by Gasteiger charge is 2.02. The quantitative estimate of drug-likeness (QED) is 0.247. The zero-order valence-electron chi connectivity index (χ0n) is 9.96.